The smallest absolute Gasteiger partial charge is 0.332 e. The van der Waals surface area contributed by atoms with E-state index in [0.29, 0.717) is 43.5 Å². The average molecular weight is 386 g/mol. The maximum Gasteiger partial charge on any atom is 0.332 e. The summed E-state index contributed by atoms with van der Waals surface area (Å²) in [7, 11) is 0. The van der Waals surface area contributed by atoms with Crippen molar-refractivity contribution in [1.29, 1.82) is 0 Å². The highest BCUT2D eigenvalue weighted by atomic mass is 19.1. The summed E-state index contributed by atoms with van der Waals surface area (Å²) in [6.07, 6.45) is 2.91. The Hall–Kier alpha value is -2.32. The Labute approximate surface area is 161 Å². The molecule has 1 spiro atoms. The molecular weight excluding hydrogens is 363 g/mol. The number of nitrogens with zero attached hydrogens (tertiary/aromatic N) is 4. The van der Waals surface area contributed by atoms with Crippen LogP contribution in [0.3, 0.4) is 0 Å². The second-order valence-corrected chi connectivity index (χ2v) is 8.26. The SMILES string of the molecule is O=c1c(=O)n2c(nn1CC1CC1)CO[C@@]1(CCN(Cc3ccccc3F)C1)C2. The van der Waals surface area contributed by atoms with Crippen LogP contribution < -0.4 is 11.1 Å². The van der Waals surface area contributed by atoms with Crippen LogP contribution in [0.2, 0.25) is 0 Å². The minimum Gasteiger partial charge on any atom is -0.364 e. The standard InChI is InChI=1S/C20H23FN4O3/c21-16-4-2-1-3-15(16)10-23-8-7-20(12-23)13-24-17(11-28-20)22-25(9-14-5-6-14)19(27)18(24)26/h1-4,14H,5-13H2/t20-/m1/s1. The maximum absolute atomic E-state index is 14.0. The Morgan fingerprint density at radius 3 is 2.79 bits per heavy atom. The highest BCUT2D eigenvalue weighted by molar-refractivity contribution is 5.17. The van der Waals surface area contributed by atoms with E-state index in [9.17, 15) is 14.0 Å². The Kier molecular flexibility index (Phi) is 4.21. The van der Waals surface area contributed by atoms with Crippen molar-refractivity contribution in [3.8, 4) is 0 Å². The van der Waals surface area contributed by atoms with E-state index in [1.54, 1.807) is 12.1 Å². The van der Waals surface area contributed by atoms with Gasteiger partial charge in [0.2, 0.25) is 0 Å². The summed E-state index contributed by atoms with van der Waals surface area (Å²) in [5, 5.41) is 4.39. The van der Waals surface area contributed by atoms with Gasteiger partial charge in [0.15, 0.2) is 5.82 Å². The van der Waals surface area contributed by atoms with E-state index >= 15 is 0 Å². The van der Waals surface area contributed by atoms with Crippen molar-refractivity contribution < 1.29 is 9.13 Å². The van der Waals surface area contributed by atoms with Crippen LogP contribution >= 0.6 is 0 Å². The molecule has 1 aliphatic carbocycles. The van der Waals surface area contributed by atoms with Crippen LogP contribution in [0.15, 0.2) is 33.9 Å². The van der Waals surface area contributed by atoms with Gasteiger partial charge in [-0.05, 0) is 31.2 Å². The number of likely N-dealkylation sites (tertiary alicyclic amines) is 1. The van der Waals surface area contributed by atoms with E-state index in [-0.39, 0.29) is 12.4 Å². The van der Waals surface area contributed by atoms with Crippen molar-refractivity contribution in [3.63, 3.8) is 0 Å². The Bertz CT molecular complexity index is 1030. The first-order valence-corrected chi connectivity index (χ1v) is 9.84. The lowest BCUT2D eigenvalue weighted by atomic mass is 10.0. The predicted octanol–water partition coefficient (Wildman–Crippen LogP) is 1.13. The fourth-order valence-electron chi connectivity index (χ4n) is 4.25. The summed E-state index contributed by atoms with van der Waals surface area (Å²) in [6.45, 7) is 2.91. The van der Waals surface area contributed by atoms with Gasteiger partial charge in [0, 0.05) is 31.7 Å². The molecule has 1 saturated carbocycles. The van der Waals surface area contributed by atoms with Gasteiger partial charge in [-0.25, -0.2) is 9.07 Å². The zero-order chi connectivity index (χ0) is 19.3. The van der Waals surface area contributed by atoms with Crippen molar-refractivity contribution in [1.82, 2.24) is 19.2 Å². The summed E-state index contributed by atoms with van der Waals surface area (Å²) in [5.74, 6) is 0.767. The predicted molar refractivity (Wildman–Crippen MR) is 99.3 cm³/mol. The van der Waals surface area contributed by atoms with E-state index < -0.39 is 16.7 Å². The Morgan fingerprint density at radius 1 is 1.18 bits per heavy atom. The van der Waals surface area contributed by atoms with Gasteiger partial charge in [0.05, 0.1) is 6.54 Å². The molecule has 3 heterocycles. The number of ether oxygens (including phenoxy) is 1. The normalized spacial score (nSPS) is 24.6. The summed E-state index contributed by atoms with van der Waals surface area (Å²) >= 11 is 0. The average Bonchev–Trinajstić information content (AvgIpc) is 3.43. The molecule has 8 heteroatoms. The number of hydrogen-bond donors (Lipinski definition) is 0. The van der Waals surface area contributed by atoms with Crippen molar-refractivity contribution >= 4 is 0 Å². The van der Waals surface area contributed by atoms with E-state index in [2.05, 4.69) is 10.00 Å². The van der Waals surface area contributed by atoms with Crippen LogP contribution in [0, 0.1) is 11.7 Å². The highest BCUT2D eigenvalue weighted by Gasteiger charge is 2.43. The molecule has 1 aromatic carbocycles. The molecule has 2 aliphatic heterocycles. The molecule has 28 heavy (non-hydrogen) atoms. The number of fused-ring (bicyclic) bond motifs is 1. The van der Waals surface area contributed by atoms with Gasteiger partial charge in [-0.15, -0.1) is 0 Å². The minimum absolute atomic E-state index is 0.213. The highest BCUT2D eigenvalue weighted by Crippen LogP contribution is 2.32. The fourth-order valence-corrected chi connectivity index (χ4v) is 4.25. The third kappa shape index (κ3) is 3.20. The van der Waals surface area contributed by atoms with Crippen molar-refractivity contribution in [2.24, 2.45) is 5.92 Å². The van der Waals surface area contributed by atoms with Crippen LogP contribution in [0.5, 0.6) is 0 Å². The summed E-state index contributed by atoms with van der Waals surface area (Å²) < 4.78 is 22.9. The first kappa shape index (κ1) is 17.8. The molecule has 148 valence electrons. The Morgan fingerprint density at radius 2 is 2.00 bits per heavy atom. The largest absolute Gasteiger partial charge is 0.364 e. The first-order chi connectivity index (χ1) is 13.5. The summed E-state index contributed by atoms with van der Waals surface area (Å²) in [6, 6.07) is 6.76. The number of rotatable bonds is 4. The van der Waals surface area contributed by atoms with Crippen LogP contribution in [-0.2, 0) is 31.0 Å². The van der Waals surface area contributed by atoms with Crippen LogP contribution in [0.4, 0.5) is 4.39 Å². The molecule has 0 bridgehead atoms. The zero-order valence-corrected chi connectivity index (χ0v) is 15.6. The van der Waals surface area contributed by atoms with Crippen molar-refractivity contribution in [3.05, 3.63) is 62.2 Å². The lowest BCUT2D eigenvalue weighted by molar-refractivity contribution is -0.0859. The second-order valence-electron chi connectivity index (χ2n) is 8.26. The van der Waals surface area contributed by atoms with Crippen LogP contribution in [0.1, 0.15) is 30.7 Å². The molecule has 1 aromatic heterocycles. The number of aromatic nitrogens is 3. The molecular formula is C20H23FN4O3. The van der Waals surface area contributed by atoms with Gasteiger partial charge in [-0.3, -0.25) is 19.1 Å². The molecule has 1 atom stereocenters. The van der Waals surface area contributed by atoms with Gasteiger partial charge < -0.3 is 4.74 Å². The number of halogens is 1. The van der Waals surface area contributed by atoms with Crippen LogP contribution in [-0.4, -0.2) is 37.9 Å². The molecule has 0 unspecified atom stereocenters. The van der Waals surface area contributed by atoms with Gasteiger partial charge in [-0.2, -0.15) is 5.10 Å². The van der Waals surface area contributed by atoms with Gasteiger partial charge >= 0.3 is 11.1 Å². The minimum atomic E-state index is -0.547. The van der Waals surface area contributed by atoms with E-state index in [1.165, 1.54) is 15.3 Å². The van der Waals surface area contributed by atoms with E-state index in [1.807, 2.05) is 6.07 Å². The monoisotopic (exact) mass is 386 g/mol. The number of hydrogen-bond acceptors (Lipinski definition) is 5. The summed E-state index contributed by atoms with van der Waals surface area (Å²) in [5.41, 5.74) is -0.939. The lowest BCUT2D eigenvalue weighted by Crippen LogP contribution is -2.53. The van der Waals surface area contributed by atoms with Crippen LogP contribution in [0.25, 0.3) is 0 Å². The Balaban J connectivity index is 1.35. The molecule has 0 N–H and O–H groups in total. The maximum atomic E-state index is 14.0. The molecule has 2 fully saturated rings. The fraction of sp³-hybridized carbons (Fsp3) is 0.550. The lowest BCUT2D eigenvalue weighted by Gasteiger charge is -2.35. The van der Waals surface area contributed by atoms with Gasteiger partial charge in [0.1, 0.15) is 18.0 Å². The van der Waals surface area contributed by atoms with E-state index in [0.717, 1.165) is 25.8 Å². The molecule has 1 saturated heterocycles. The molecule has 5 rings (SSSR count). The van der Waals surface area contributed by atoms with Crippen molar-refractivity contribution in [2.45, 2.75) is 51.1 Å². The van der Waals surface area contributed by atoms with Crippen molar-refractivity contribution in [2.75, 3.05) is 13.1 Å². The molecule has 0 amide bonds. The first-order valence-electron chi connectivity index (χ1n) is 9.84. The quantitative estimate of drug-likeness (QED) is 0.737. The molecule has 7 nitrogen and oxygen atoms in total. The third-order valence-corrected chi connectivity index (χ3v) is 6.04. The molecule has 3 aliphatic rings. The second kappa shape index (κ2) is 6.63. The van der Waals surface area contributed by atoms with Gasteiger partial charge in [-0.1, -0.05) is 18.2 Å². The van der Waals surface area contributed by atoms with E-state index in [4.69, 9.17) is 4.74 Å². The van der Waals surface area contributed by atoms with Gasteiger partial charge in [0.25, 0.3) is 0 Å². The third-order valence-electron chi connectivity index (χ3n) is 6.04. The molecule has 2 aromatic rings. The summed E-state index contributed by atoms with van der Waals surface area (Å²) in [4.78, 5) is 27.2. The zero-order valence-electron chi connectivity index (χ0n) is 15.6. The molecule has 0 radical (unpaired) electrons. The number of benzene rings is 1. The topological polar surface area (TPSA) is 69.4 Å².